The predicted octanol–water partition coefficient (Wildman–Crippen LogP) is 2.85. The van der Waals surface area contributed by atoms with Crippen LogP contribution in [0.2, 0.25) is 0 Å². The summed E-state index contributed by atoms with van der Waals surface area (Å²) in [6.45, 7) is -3.22. The van der Waals surface area contributed by atoms with Crippen molar-refractivity contribution in [3.05, 3.63) is 28.8 Å². The molecule has 0 radical (unpaired) electrons. The van der Waals surface area contributed by atoms with Gasteiger partial charge in [-0.25, -0.2) is 8.78 Å². The fourth-order valence-corrected chi connectivity index (χ4v) is 1.21. The minimum atomic E-state index is -3.22. The van der Waals surface area contributed by atoms with Gasteiger partial charge in [0.15, 0.2) is 12.6 Å². The molecule has 7 heteroatoms. The van der Waals surface area contributed by atoms with Gasteiger partial charge in [0.05, 0.1) is 5.56 Å². The molecule has 17 heavy (non-hydrogen) atoms. The van der Waals surface area contributed by atoms with Gasteiger partial charge in [-0.1, -0.05) is 0 Å². The molecule has 1 aromatic carbocycles. The van der Waals surface area contributed by atoms with Crippen molar-refractivity contribution in [1.82, 2.24) is 0 Å². The van der Waals surface area contributed by atoms with Gasteiger partial charge in [-0.2, -0.15) is 8.78 Å². The monoisotopic (exact) mass is 250 g/mol. The molecular weight excluding hydrogens is 244 g/mol. The normalized spacial score (nSPS) is 10.7. The summed E-state index contributed by atoms with van der Waals surface area (Å²) in [5.74, 6) is -0.610. The molecule has 0 heterocycles. The maximum Gasteiger partial charge on any atom is 0.387 e. The van der Waals surface area contributed by atoms with Crippen molar-refractivity contribution < 1.29 is 31.9 Å². The third kappa shape index (κ3) is 3.02. The molecule has 0 atom stereocenters. The predicted molar refractivity (Wildman–Crippen MR) is 48.8 cm³/mol. The van der Waals surface area contributed by atoms with Crippen molar-refractivity contribution in [2.45, 2.75) is 13.0 Å². The topological polar surface area (TPSA) is 43.4 Å². The molecule has 0 aliphatic carbocycles. The van der Waals surface area contributed by atoms with Gasteiger partial charge < -0.3 is 4.74 Å². The maximum atomic E-state index is 12.5. The highest BCUT2D eigenvalue weighted by atomic mass is 19.3. The first-order valence-electron chi connectivity index (χ1n) is 4.30. The minimum Gasteiger partial charge on any atom is -0.434 e. The first kappa shape index (κ1) is 13.1. The third-order valence-corrected chi connectivity index (χ3v) is 1.92. The van der Waals surface area contributed by atoms with Crippen LogP contribution < -0.4 is 4.74 Å². The molecule has 1 aromatic rings. The molecule has 0 spiro atoms. The van der Waals surface area contributed by atoms with Crippen molar-refractivity contribution in [3.8, 4) is 5.75 Å². The summed E-state index contributed by atoms with van der Waals surface area (Å²) in [4.78, 5) is 21.0. The lowest BCUT2D eigenvalue weighted by molar-refractivity contribution is -0.0501. The number of benzene rings is 1. The smallest absolute Gasteiger partial charge is 0.387 e. The highest BCUT2D eigenvalue weighted by molar-refractivity contribution is 5.85. The molecule has 0 saturated carbocycles. The Morgan fingerprint density at radius 1 is 1.00 bits per heavy atom. The zero-order valence-corrected chi connectivity index (χ0v) is 8.20. The first-order chi connectivity index (χ1) is 7.99. The lowest BCUT2D eigenvalue weighted by atomic mass is 10.0. The van der Waals surface area contributed by atoms with Crippen molar-refractivity contribution in [1.29, 1.82) is 0 Å². The molecular formula is C10H6F4O3. The zero-order chi connectivity index (χ0) is 13.0. The molecule has 1 rings (SSSR count). The van der Waals surface area contributed by atoms with E-state index in [1.165, 1.54) is 0 Å². The Kier molecular flexibility index (Phi) is 4.19. The van der Waals surface area contributed by atoms with Gasteiger partial charge in [0.25, 0.3) is 6.43 Å². The van der Waals surface area contributed by atoms with Crippen LogP contribution in [0.5, 0.6) is 5.75 Å². The van der Waals surface area contributed by atoms with E-state index in [4.69, 9.17) is 0 Å². The number of aldehydes is 2. The average Bonchev–Trinajstić information content (AvgIpc) is 2.27. The fraction of sp³-hybridized carbons (Fsp3) is 0.200. The van der Waals surface area contributed by atoms with E-state index in [1.54, 1.807) is 0 Å². The Bertz CT molecular complexity index is 432. The molecule has 0 amide bonds. The second-order valence-corrected chi connectivity index (χ2v) is 2.93. The molecule has 0 fully saturated rings. The van der Waals surface area contributed by atoms with Crippen LogP contribution in [0, 0.1) is 0 Å². The highest BCUT2D eigenvalue weighted by Gasteiger charge is 2.18. The summed E-state index contributed by atoms with van der Waals surface area (Å²) in [6.07, 6.45) is -2.82. The summed E-state index contributed by atoms with van der Waals surface area (Å²) < 4.78 is 52.8. The van der Waals surface area contributed by atoms with Gasteiger partial charge in [-0.3, -0.25) is 9.59 Å². The summed E-state index contributed by atoms with van der Waals surface area (Å²) in [7, 11) is 0. The fourth-order valence-electron chi connectivity index (χ4n) is 1.21. The Labute approximate surface area is 93.0 Å². The molecule has 3 nitrogen and oxygen atoms in total. The van der Waals surface area contributed by atoms with Crippen molar-refractivity contribution in [2.24, 2.45) is 0 Å². The van der Waals surface area contributed by atoms with Gasteiger partial charge in [0, 0.05) is 11.1 Å². The van der Waals surface area contributed by atoms with Crippen molar-refractivity contribution in [3.63, 3.8) is 0 Å². The van der Waals surface area contributed by atoms with E-state index in [0.717, 1.165) is 0 Å². The average molecular weight is 250 g/mol. The van der Waals surface area contributed by atoms with Crippen LogP contribution in [0.15, 0.2) is 12.1 Å². The number of carbonyl (C=O) groups excluding carboxylic acids is 2. The van der Waals surface area contributed by atoms with E-state index in [-0.39, 0.29) is 12.6 Å². The van der Waals surface area contributed by atoms with Crippen LogP contribution in [0.1, 0.15) is 32.7 Å². The number of hydrogen-bond donors (Lipinski definition) is 0. The Morgan fingerprint density at radius 3 is 2.00 bits per heavy atom. The van der Waals surface area contributed by atoms with E-state index in [1.807, 2.05) is 0 Å². The van der Waals surface area contributed by atoms with Crippen LogP contribution in [-0.4, -0.2) is 19.2 Å². The number of carbonyl (C=O) groups is 2. The number of rotatable bonds is 5. The van der Waals surface area contributed by atoms with Crippen LogP contribution in [-0.2, 0) is 0 Å². The zero-order valence-electron chi connectivity index (χ0n) is 8.20. The summed E-state index contributed by atoms with van der Waals surface area (Å²) in [6, 6.07) is 1.34. The molecule has 0 bridgehead atoms. The molecule has 0 saturated heterocycles. The van der Waals surface area contributed by atoms with Crippen LogP contribution >= 0.6 is 0 Å². The summed E-state index contributed by atoms with van der Waals surface area (Å²) in [5.41, 5.74) is -1.67. The standard InChI is InChI=1S/C10H6F4O3/c11-9(12)7-1-6(4-16)8(17-10(13)14)2-5(7)3-15/h1-4,9-10H. The maximum absolute atomic E-state index is 12.5. The largest absolute Gasteiger partial charge is 0.434 e. The summed E-state index contributed by atoms with van der Waals surface area (Å²) in [5, 5.41) is 0. The van der Waals surface area contributed by atoms with Crippen molar-refractivity contribution in [2.75, 3.05) is 0 Å². The van der Waals surface area contributed by atoms with Crippen molar-refractivity contribution >= 4 is 12.6 Å². The van der Waals surface area contributed by atoms with Gasteiger partial charge >= 0.3 is 6.61 Å². The third-order valence-electron chi connectivity index (χ3n) is 1.92. The molecule has 0 N–H and O–H groups in total. The lowest BCUT2D eigenvalue weighted by Gasteiger charge is -2.10. The second-order valence-electron chi connectivity index (χ2n) is 2.93. The van der Waals surface area contributed by atoms with Gasteiger partial charge in [-0.15, -0.1) is 0 Å². The van der Waals surface area contributed by atoms with E-state index in [2.05, 4.69) is 4.74 Å². The number of alkyl halides is 4. The molecule has 0 aliphatic heterocycles. The number of hydrogen-bond acceptors (Lipinski definition) is 3. The molecule has 92 valence electrons. The Morgan fingerprint density at radius 2 is 1.59 bits per heavy atom. The summed E-state index contributed by atoms with van der Waals surface area (Å²) >= 11 is 0. The van der Waals surface area contributed by atoms with Crippen LogP contribution in [0.25, 0.3) is 0 Å². The van der Waals surface area contributed by atoms with E-state index in [9.17, 15) is 27.2 Å². The quantitative estimate of drug-likeness (QED) is 0.596. The number of ether oxygens (including phenoxy) is 1. The molecule has 0 unspecified atom stereocenters. The highest BCUT2D eigenvalue weighted by Crippen LogP contribution is 2.29. The van der Waals surface area contributed by atoms with Crippen LogP contribution in [0.4, 0.5) is 17.6 Å². The minimum absolute atomic E-state index is 0.0778. The number of halogens is 4. The lowest BCUT2D eigenvalue weighted by Crippen LogP contribution is -2.06. The SMILES string of the molecule is O=Cc1cc(C(F)F)c(C=O)cc1OC(F)F. The van der Waals surface area contributed by atoms with E-state index < -0.39 is 35.5 Å². The van der Waals surface area contributed by atoms with Crippen LogP contribution in [0.3, 0.4) is 0 Å². The van der Waals surface area contributed by atoms with E-state index in [0.29, 0.717) is 12.1 Å². The second kappa shape index (κ2) is 5.42. The van der Waals surface area contributed by atoms with Gasteiger partial charge in [-0.05, 0) is 12.1 Å². The molecule has 0 aliphatic rings. The molecule has 0 aromatic heterocycles. The van der Waals surface area contributed by atoms with Gasteiger partial charge in [0.1, 0.15) is 5.75 Å². The van der Waals surface area contributed by atoms with Gasteiger partial charge in [0.2, 0.25) is 0 Å². The van der Waals surface area contributed by atoms with E-state index >= 15 is 0 Å². The first-order valence-corrected chi connectivity index (χ1v) is 4.30. The Balaban J connectivity index is 3.32. The Hall–Kier alpha value is -1.92.